The van der Waals surface area contributed by atoms with Gasteiger partial charge in [0.2, 0.25) is 0 Å². The van der Waals surface area contributed by atoms with Gasteiger partial charge in [-0.05, 0) is 47.2 Å². The predicted molar refractivity (Wildman–Crippen MR) is 71.1 cm³/mol. The van der Waals surface area contributed by atoms with E-state index in [1.165, 1.54) is 0 Å². The number of halogens is 3. The van der Waals surface area contributed by atoms with Gasteiger partial charge in [-0.2, -0.15) is 0 Å². The minimum atomic E-state index is -0.434. The van der Waals surface area contributed by atoms with Gasteiger partial charge >= 0.3 is 0 Å². The highest BCUT2D eigenvalue weighted by Crippen LogP contribution is 2.34. The molecule has 0 unspecified atom stereocenters. The van der Waals surface area contributed by atoms with Crippen LogP contribution in [-0.4, -0.2) is 0 Å². The number of fused-ring (bicyclic) bond motifs is 3. The predicted octanol–water partition coefficient (Wildman–Crippen LogP) is 4.78. The Morgan fingerprint density at radius 3 is 2.24 bits per heavy atom. The van der Waals surface area contributed by atoms with Crippen molar-refractivity contribution in [2.24, 2.45) is 0 Å². The van der Waals surface area contributed by atoms with Gasteiger partial charge in [-0.15, -0.1) is 0 Å². The zero-order chi connectivity index (χ0) is 12.2. The standard InChI is InChI=1S/C13H7F2IO/c1-6-2-3-7-8-4-5-9(16)11(15)13(8)17-12(7)10(6)14/h2-5H,1H3. The van der Waals surface area contributed by atoms with Crippen molar-refractivity contribution < 1.29 is 13.2 Å². The van der Waals surface area contributed by atoms with Crippen LogP contribution < -0.4 is 0 Å². The Bertz CT molecular complexity index is 684. The lowest BCUT2D eigenvalue weighted by molar-refractivity contribution is 0.552. The van der Waals surface area contributed by atoms with Crippen LogP contribution in [0.3, 0.4) is 0 Å². The largest absolute Gasteiger partial charge is 0.450 e. The Hall–Kier alpha value is -1.17. The number of benzene rings is 2. The molecule has 0 spiro atoms. The van der Waals surface area contributed by atoms with Crippen LogP contribution in [0.2, 0.25) is 0 Å². The van der Waals surface area contributed by atoms with Crippen LogP contribution in [0, 0.1) is 22.1 Å². The Morgan fingerprint density at radius 2 is 1.53 bits per heavy atom. The fraction of sp³-hybridized carbons (Fsp3) is 0.0769. The van der Waals surface area contributed by atoms with Crippen molar-refractivity contribution in [3.8, 4) is 0 Å². The summed E-state index contributed by atoms with van der Waals surface area (Å²) < 4.78 is 33.5. The monoisotopic (exact) mass is 344 g/mol. The van der Waals surface area contributed by atoms with E-state index >= 15 is 0 Å². The Morgan fingerprint density at radius 1 is 0.941 bits per heavy atom. The lowest BCUT2D eigenvalue weighted by atomic mass is 10.1. The molecular weight excluding hydrogens is 337 g/mol. The van der Waals surface area contributed by atoms with E-state index in [2.05, 4.69) is 0 Å². The van der Waals surface area contributed by atoms with Crippen LogP contribution in [0.25, 0.3) is 21.9 Å². The SMILES string of the molecule is Cc1ccc2c(oc3c(F)c(I)ccc32)c1F. The molecule has 0 bridgehead atoms. The molecule has 17 heavy (non-hydrogen) atoms. The molecule has 3 aromatic rings. The van der Waals surface area contributed by atoms with E-state index in [0.29, 0.717) is 19.9 Å². The molecule has 0 fully saturated rings. The number of furan rings is 1. The van der Waals surface area contributed by atoms with Gasteiger partial charge < -0.3 is 4.42 Å². The molecular formula is C13H7F2IO. The molecule has 0 atom stereocenters. The first-order valence-electron chi connectivity index (χ1n) is 5.05. The summed E-state index contributed by atoms with van der Waals surface area (Å²) in [7, 11) is 0. The second-order valence-corrected chi connectivity index (χ2v) is 5.08. The van der Waals surface area contributed by atoms with Gasteiger partial charge in [-0.1, -0.05) is 12.1 Å². The van der Waals surface area contributed by atoms with Gasteiger partial charge in [-0.25, -0.2) is 8.78 Å². The van der Waals surface area contributed by atoms with E-state index in [9.17, 15) is 8.78 Å². The fourth-order valence-corrected chi connectivity index (χ4v) is 2.34. The van der Waals surface area contributed by atoms with Gasteiger partial charge in [-0.3, -0.25) is 0 Å². The van der Waals surface area contributed by atoms with E-state index in [-0.39, 0.29) is 11.2 Å². The van der Waals surface area contributed by atoms with Gasteiger partial charge in [0.15, 0.2) is 22.8 Å². The molecule has 2 aromatic carbocycles. The molecule has 0 saturated carbocycles. The number of rotatable bonds is 0. The molecule has 4 heteroatoms. The quantitative estimate of drug-likeness (QED) is 0.535. The Kier molecular flexibility index (Phi) is 2.36. The van der Waals surface area contributed by atoms with Gasteiger partial charge in [0.25, 0.3) is 0 Å². The molecule has 1 heterocycles. The molecule has 0 aliphatic carbocycles. The maximum Gasteiger partial charge on any atom is 0.179 e. The molecule has 3 rings (SSSR count). The second-order valence-electron chi connectivity index (χ2n) is 3.91. The molecule has 86 valence electrons. The normalized spacial score (nSPS) is 11.5. The summed E-state index contributed by atoms with van der Waals surface area (Å²) in [6.07, 6.45) is 0. The van der Waals surface area contributed by atoms with Crippen LogP contribution in [-0.2, 0) is 0 Å². The fourth-order valence-electron chi connectivity index (χ4n) is 1.91. The van der Waals surface area contributed by atoms with Gasteiger partial charge in [0, 0.05) is 10.8 Å². The summed E-state index contributed by atoms with van der Waals surface area (Å²) in [5.41, 5.74) is 0.740. The third kappa shape index (κ3) is 1.46. The van der Waals surface area contributed by atoms with Crippen molar-refractivity contribution in [2.45, 2.75) is 6.92 Å². The zero-order valence-electron chi connectivity index (χ0n) is 8.85. The van der Waals surface area contributed by atoms with Crippen molar-refractivity contribution in [1.29, 1.82) is 0 Å². The van der Waals surface area contributed by atoms with Crippen LogP contribution >= 0.6 is 22.6 Å². The number of aryl methyl sites for hydroxylation is 1. The molecule has 0 aliphatic heterocycles. The first-order valence-corrected chi connectivity index (χ1v) is 6.13. The molecule has 1 aromatic heterocycles. The molecule has 0 aliphatic rings. The van der Waals surface area contributed by atoms with Crippen LogP contribution in [0.1, 0.15) is 5.56 Å². The number of hydrogen-bond acceptors (Lipinski definition) is 1. The third-order valence-corrected chi connectivity index (χ3v) is 3.67. The van der Waals surface area contributed by atoms with E-state index in [1.807, 2.05) is 22.6 Å². The lowest BCUT2D eigenvalue weighted by Gasteiger charge is -1.95. The van der Waals surface area contributed by atoms with Crippen LogP contribution in [0.5, 0.6) is 0 Å². The zero-order valence-corrected chi connectivity index (χ0v) is 11.0. The summed E-state index contributed by atoms with van der Waals surface area (Å²) in [4.78, 5) is 0. The second kappa shape index (κ2) is 3.66. The summed E-state index contributed by atoms with van der Waals surface area (Å²) in [5, 5.41) is 1.22. The molecule has 0 saturated heterocycles. The lowest BCUT2D eigenvalue weighted by Crippen LogP contribution is -1.81. The van der Waals surface area contributed by atoms with E-state index in [0.717, 1.165) is 0 Å². The summed E-state index contributed by atoms with van der Waals surface area (Å²) in [6.45, 7) is 1.65. The summed E-state index contributed by atoms with van der Waals surface area (Å²) >= 11 is 1.88. The molecule has 1 nitrogen and oxygen atoms in total. The van der Waals surface area contributed by atoms with Crippen molar-refractivity contribution in [2.75, 3.05) is 0 Å². The minimum absolute atomic E-state index is 0.122. The maximum absolute atomic E-state index is 13.9. The van der Waals surface area contributed by atoms with Gasteiger partial charge in [0.1, 0.15) is 0 Å². The highest BCUT2D eigenvalue weighted by molar-refractivity contribution is 14.1. The first-order chi connectivity index (χ1) is 8.09. The summed E-state index contributed by atoms with van der Waals surface area (Å²) in [5.74, 6) is -0.857. The topological polar surface area (TPSA) is 13.1 Å². The van der Waals surface area contributed by atoms with Crippen LogP contribution in [0.4, 0.5) is 8.78 Å². The molecule has 0 radical (unpaired) electrons. The van der Waals surface area contributed by atoms with Crippen molar-refractivity contribution in [3.05, 3.63) is 45.0 Å². The average Bonchev–Trinajstić information content (AvgIpc) is 2.69. The highest BCUT2D eigenvalue weighted by atomic mass is 127. The Balaban J connectivity index is 2.58. The molecule has 0 amide bonds. The number of hydrogen-bond donors (Lipinski definition) is 0. The smallest absolute Gasteiger partial charge is 0.179 e. The third-order valence-electron chi connectivity index (χ3n) is 2.83. The van der Waals surface area contributed by atoms with Crippen LogP contribution in [0.15, 0.2) is 28.7 Å². The van der Waals surface area contributed by atoms with E-state index in [1.54, 1.807) is 31.2 Å². The minimum Gasteiger partial charge on any atom is -0.450 e. The average molecular weight is 344 g/mol. The highest BCUT2D eigenvalue weighted by Gasteiger charge is 2.16. The van der Waals surface area contributed by atoms with Gasteiger partial charge in [0.05, 0.1) is 3.57 Å². The maximum atomic E-state index is 13.9. The first kappa shape index (κ1) is 11.0. The Labute approximate surface area is 110 Å². The van der Waals surface area contributed by atoms with E-state index < -0.39 is 11.6 Å². The van der Waals surface area contributed by atoms with Crippen molar-refractivity contribution in [3.63, 3.8) is 0 Å². The molecule has 0 N–H and O–H groups in total. The van der Waals surface area contributed by atoms with Crippen molar-refractivity contribution >= 4 is 44.5 Å². The summed E-state index contributed by atoms with van der Waals surface area (Å²) in [6, 6.07) is 6.83. The van der Waals surface area contributed by atoms with Crippen molar-refractivity contribution in [1.82, 2.24) is 0 Å². The van der Waals surface area contributed by atoms with E-state index in [4.69, 9.17) is 4.42 Å².